The number of benzene rings is 4. The van der Waals surface area contributed by atoms with Crippen LogP contribution in [0.25, 0.3) is 22.2 Å². The number of aromatic nitrogens is 2. The number of carbonyl (C=O) groups excluding carboxylic acids is 1. The van der Waals surface area contributed by atoms with Gasteiger partial charge in [-0.3, -0.25) is 4.79 Å². The van der Waals surface area contributed by atoms with E-state index in [-0.39, 0.29) is 5.91 Å². The van der Waals surface area contributed by atoms with Crippen molar-refractivity contribution in [2.75, 3.05) is 10.6 Å². The minimum Gasteiger partial charge on any atom is -0.324 e. The summed E-state index contributed by atoms with van der Waals surface area (Å²) in [6.07, 6.45) is 0. The van der Waals surface area contributed by atoms with Crippen LogP contribution in [0.4, 0.5) is 17.3 Å². The van der Waals surface area contributed by atoms with E-state index >= 15 is 0 Å². The van der Waals surface area contributed by atoms with Crippen LogP contribution in [0.2, 0.25) is 5.02 Å². The smallest absolute Gasteiger partial charge is 0.255 e. The van der Waals surface area contributed by atoms with E-state index in [4.69, 9.17) is 21.6 Å². The average Bonchev–Trinajstić information content (AvgIpc) is 2.84. The average molecular weight is 465 g/mol. The van der Waals surface area contributed by atoms with Crippen molar-refractivity contribution < 1.29 is 4.79 Å². The quantitative estimate of drug-likeness (QED) is 0.287. The van der Waals surface area contributed by atoms with Crippen LogP contribution in [0.5, 0.6) is 0 Å². The molecular formula is C28H21ClN4O. The van der Waals surface area contributed by atoms with Crippen LogP contribution < -0.4 is 10.6 Å². The monoisotopic (exact) mass is 464 g/mol. The lowest BCUT2D eigenvalue weighted by Gasteiger charge is -2.12. The van der Waals surface area contributed by atoms with Crippen LogP contribution in [0.15, 0.2) is 97.1 Å². The minimum absolute atomic E-state index is 0.231. The van der Waals surface area contributed by atoms with Crippen molar-refractivity contribution in [1.82, 2.24) is 9.97 Å². The Hall–Kier alpha value is -4.22. The van der Waals surface area contributed by atoms with E-state index in [0.717, 1.165) is 27.7 Å². The maximum absolute atomic E-state index is 12.8. The molecule has 34 heavy (non-hydrogen) atoms. The Kier molecular flexibility index (Phi) is 5.93. The van der Waals surface area contributed by atoms with Crippen molar-refractivity contribution in [3.8, 4) is 11.3 Å². The van der Waals surface area contributed by atoms with E-state index in [2.05, 4.69) is 22.8 Å². The number of hydrogen-bond acceptors (Lipinski definition) is 4. The third-order valence-electron chi connectivity index (χ3n) is 5.36. The molecule has 0 aliphatic carbocycles. The number of carbonyl (C=O) groups is 1. The molecule has 1 aromatic heterocycles. The van der Waals surface area contributed by atoms with Gasteiger partial charge in [0.1, 0.15) is 0 Å². The standard InChI is InChI=1S/C28H21ClN4O/c1-18-13-14-24-25(15-18)32-28(33-26(24)19-7-3-2-4-8-19)31-22-11-5-9-20(16-22)27(34)30-23-12-6-10-21(29)17-23/h2-17H,1H3,(H,30,34)(H,31,32,33). The molecule has 0 radical (unpaired) electrons. The molecule has 5 rings (SSSR count). The molecule has 0 bridgehead atoms. The van der Waals surface area contributed by atoms with Gasteiger partial charge in [-0.15, -0.1) is 0 Å². The first-order valence-electron chi connectivity index (χ1n) is 10.8. The highest BCUT2D eigenvalue weighted by Gasteiger charge is 2.12. The van der Waals surface area contributed by atoms with Gasteiger partial charge in [0.2, 0.25) is 5.95 Å². The molecule has 0 aliphatic rings. The van der Waals surface area contributed by atoms with Gasteiger partial charge in [0.15, 0.2) is 0 Å². The van der Waals surface area contributed by atoms with Gasteiger partial charge in [-0.05, 0) is 55.0 Å². The molecule has 1 heterocycles. The lowest BCUT2D eigenvalue weighted by atomic mass is 10.1. The summed E-state index contributed by atoms with van der Waals surface area (Å²) in [6, 6.07) is 30.5. The SMILES string of the molecule is Cc1ccc2c(-c3ccccc3)nc(Nc3cccc(C(=O)Nc4cccc(Cl)c4)c3)nc2c1. The number of nitrogens with zero attached hydrogens (tertiary/aromatic N) is 2. The van der Waals surface area contributed by atoms with Crippen LogP contribution in [-0.2, 0) is 0 Å². The lowest BCUT2D eigenvalue weighted by Crippen LogP contribution is -2.12. The molecule has 0 aliphatic heterocycles. The zero-order valence-corrected chi connectivity index (χ0v) is 19.2. The molecular weight excluding hydrogens is 444 g/mol. The van der Waals surface area contributed by atoms with E-state index < -0.39 is 0 Å². The van der Waals surface area contributed by atoms with Gasteiger partial charge in [-0.25, -0.2) is 9.97 Å². The summed E-state index contributed by atoms with van der Waals surface area (Å²) < 4.78 is 0. The number of halogens is 1. The van der Waals surface area contributed by atoms with E-state index in [9.17, 15) is 4.79 Å². The molecule has 1 amide bonds. The molecule has 5 nitrogen and oxygen atoms in total. The van der Waals surface area contributed by atoms with Gasteiger partial charge in [0.25, 0.3) is 5.91 Å². The van der Waals surface area contributed by atoms with E-state index in [1.165, 1.54) is 0 Å². The van der Waals surface area contributed by atoms with Crippen molar-refractivity contribution in [3.05, 3.63) is 113 Å². The number of rotatable bonds is 5. The fraction of sp³-hybridized carbons (Fsp3) is 0.0357. The number of nitrogens with one attached hydrogen (secondary N) is 2. The van der Waals surface area contributed by atoms with Crippen molar-refractivity contribution in [1.29, 1.82) is 0 Å². The number of hydrogen-bond donors (Lipinski definition) is 2. The largest absolute Gasteiger partial charge is 0.324 e. The first-order chi connectivity index (χ1) is 16.5. The zero-order valence-electron chi connectivity index (χ0n) is 18.4. The van der Waals surface area contributed by atoms with Crippen LogP contribution in [-0.4, -0.2) is 15.9 Å². The summed E-state index contributed by atoms with van der Waals surface area (Å²) in [7, 11) is 0. The van der Waals surface area contributed by atoms with E-state index in [1.54, 1.807) is 36.4 Å². The topological polar surface area (TPSA) is 66.9 Å². The molecule has 0 unspecified atom stereocenters. The summed E-state index contributed by atoms with van der Waals surface area (Å²) in [5.74, 6) is 0.232. The zero-order chi connectivity index (χ0) is 23.5. The summed E-state index contributed by atoms with van der Waals surface area (Å²) in [6.45, 7) is 2.04. The van der Waals surface area contributed by atoms with Crippen LogP contribution in [0.3, 0.4) is 0 Å². The normalized spacial score (nSPS) is 10.8. The molecule has 0 fully saturated rings. The second kappa shape index (κ2) is 9.33. The van der Waals surface area contributed by atoms with Crippen molar-refractivity contribution in [2.24, 2.45) is 0 Å². The molecule has 0 saturated carbocycles. The minimum atomic E-state index is -0.231. The highest BCUT2D eigenvalue weighted by molar-refractivity contribution is 6.31. The molecule has 0 saturated heterocycles. The van der Waals surface area contributed by atoms with Gasteiger partial charge in [-0.2, -0.15) is 0 Å². The molecule has 166 valence electrons. The van der Waals surface area contributed by atoms with E-state index in [0.29, 0.717) is 27.9 Å². The van der Waals surface area contributed by atoms with Gasteiger partial charge < -0.3 is 10.6 Å². The number of amides is 1. The number of aryl methyl sites for hydroxylation is 1. The highest BCUT2D eigenvalue weighted by Crippen LogP contribution is 2.29. The van der Waals surface area contributed by atoms with Crippen LogP contribution in [0.1, 0.15) is 15.9 Å². The molecule has 6 heteroatoms. The second-order valence-electron chi connectivity index (χ2n) is 7.95. The Morgan fingerprint density at radius 2 is 1.59 bits per heavy atom. The molecule has 5 aromatic rings. The lowest BCUT2D eigenvalue weighted by molar-refractivity contribution is 0.102. The van der Waals surface area contributed by atoms with Gasteiger partial charge >= 0.3 is 0 Å². The maximum Gasteiger partial charge on any atom is 0.255 e. The number of anilines is 3. The highest BCUT2D eigenvalue weighted by atomic mass is 35.5. The third-order valence-corrected chi connectivity index (χ3v) is 5.60. The van der Waals surface area contributed by atoms with Gasteiger partial charge in [-0.1, -0.05) is 66.2 Å². The molecule has 4 aromatic carbocycles. The Morgan fingerprint density at radius 1 is 0.794 bits per heavy atom. The van der Waals surface area contributed by atoms with Crippen molar-refractivity contribution in [2.45, 2.75) is 6.92 Å². The molecule has 0 spiro atoms. The predicted octanol–water partition coefficient (Wildman–Crippen LogP) is 7.25. The Labute approximate surface area is 202 Å². The van der Waals surface area contributed by atoms with Crippen LogP contribution in [0, 0.1) is 6.92 Å². The molecule has 0 atom stereocenters. The fourth-order valence-electron chi connectivity index (χ4n) is 3.75. The van der Waals surface area contributed by atoms with Crippen LogP contribution >= 0.6 is 11.6 Å². The van der Waals surface area contributed by atoms with Gasteiger partial charge in [0, 0.05) is 32.9 Å². The Balaban J connectivity index is 1.47. The van der Waals surface area contributed by atoms with Crippen molar-refractivity contribution >= 4 is 45.7 Å². The molecule has 2 N–H and O–H groups in total. The van der Waals surface area contributed by atoms with Gasteiger partial charge in [0.05, 0.1) is 11.2 Å². The first kappa shape index (κ1) is 21.6. The maximum atomic E-state index is 12.8. The fourth-order valence-corrected chi connectivity index (χ4v) is 3.94. The number of fused-ring (bicyclic) bond motifs is 1. The summed E-state index contributed by atoms with van der Waals surface area (Å²) in [5, 5.41) is 7.68. The summed E-state index contributed by atoms with van der Waals surface area (Å²) >= 11 is 6.02. The van der Waals surface area contributed by atoms with E-state index in [1.807, 2.05) is 55.5 Å². The second-order valence-corrected chi connectivity index (χ2v) is 8.39. The summed E-state index contributed by atoms with van der Waals surface area (Å²) in [5.41, 5.74) is 5.69. The predicted molar refractivity (Wildman–Crippen MR) is 139 cm³/mol. The first-order valence-corrected chi connectivity index (χ1v) is 11.2. The third kappa shape index (κ3) is 4.75. The Bertz CT molecular complexity index is 1500. The Morgan fingerprint density at radius 3 is 2.41 bits per heavy atom. The summed E-state index contributed by atoms with van der Waals surface area (Å²) in [4.78, 5) is 22.3. The van der Waals surface area contributed by atoms with Crippen molar-refractivity contribution in [3.63, 3.8) is 0 Å².